The number of carbonyl (C=O) groups is 2. The molecule has 3 rings (SSSR count). The van der Waals surface area contributed by atoms with Gasteiger partial charge in [-0.05, 0) is 36.8 Å². The molecule has 1 amide bonds. The van der Waals surface area contributed by atoms with E-state index in [9.17, 15) is 9.59 Å². The number of hydrogen-bond donors (Lipinski definition) is 0. The minimum absolute atomic E-state index is 0.0477. The van der Waals surface area contributed by atoms with Gasteiger partial charge in [0.2, 0.25) is 6.10 Å². The molecule has 0 bridgehead atoms. The molecular weight excluding hydrogens is 362 g/mol. The van der Waals surface area contributed by atoms with Crippen LogP contribution in [0, 0.1) is 0 Å². The van der Waals surface area contributed by atoms with Crippen molar-refractivity contribution in [3.05, 3.63) is 54.1 Å². The highest BCUT2D eigenvalue weighted by molar-refractivity contribution is 5.82. The molecule has 2 aromatic rings. The highest BCUT2D eigenvalue weighted by atomic mass is 16.6. The molecule has 0 aliphatic carbocycles. The fourth-order valence-corrected chi connectivity index (χ4v) is 2.69. The fourth-order valence-electron chi connectivity index (χ4n) is 2.69. The van der Waals surface area contributed by atoms with Crippen molar-refractivity contribution in [2.45, 2.75) is 19.6 Å². The molecule has 7 heteroatoms. The summed E-state index contributed by atoms with van der Waals surface area (Å²) in [5.41, 5.74) is 0.950. The lowest BCUT2D eigenvalue weighted by molar-refractivity contribution is -0.159. The molecule has 0 saturated carbocycles. The van der Waals surface area contributed by atoms with Gasteiger partial charge in [0.1, 0.15) is 12.4 Å². The maximum atomic E-state index is 12.3. The third-order valence-corrected chi connectivity index (χ3v) is 4.19. The predicted octanol–water partition coefficient (Wildman–Crippen LogP) is 2.43. The first-order valence-corrected chi connectivity index (χ1v) is 9.07. The molecule has 0 spiro atoms. The van der Waals surface area contributed by atoms with Crippen LogP contribution in [0.25, 0.3) is 0 Å². The van der Waals surface area contributed by atoms with Gasteiger partial charge in [-0.1, -0.05) is 24.3 Å². The zero-order chi connectivity index (χ0) is 19.9. The second-order valence-electron chi connectivity index (χ2n) is 6.30. The van der Waals surface area contributed by atoms with Gasteiger partial charge >= 0.3 is 5.97 Å². The van der Waals surface area contributed by atoms with E-state index in [0.29, 0.717) is 24.7 Å². The molecule has 1 aliphatic rings. The van der Waals surface area contributed by atoms with E-state index >= 15 is 0 Å². The summed E-state index contributed by atoms with van der Waals surface area (Å²) in [4.78, 5) is 25.9. The van der Waals surface area contributed by atoms with E-state index in [1.807, 2.05) is 37.3 Å². The van der Waals surface area contributed by atoms with Crippen LogP contribution in [0.15, 0.2) is 48.5 Å². The second-order valence-corrected chi connectivity index (χ2v) is 6.30. The normalized spacial score (nSPS) is 14.9. The van der Waals surface area contributed by atoms with Crippen molar-refractivity contribution < 1.29 is 28.5 Å². The highest BCUT2D eigenvalue weighted by Gasteiger charge is 2.29. The molecule has 0 aromatic heterocycles. The molecule has 2 aromatic carbocycles. The number of carbonyl (C=O) groups excluding carboxylic acids is 2. The van der Waals surface area contributed by atoms with Gasteiger partial charge in [-0.3, -0.25) is 4.79 Å². The summed E-state index contributed by atoms with van der Waals surface area (Å²) >= 11 is 0. The van der Waals surface area contributed by atoms with E-state index in [2.05, 4.69) is 0 Å². The van der Waals surface area contributed by atoms with Crippen molar-refractivity contribution in [1.29, 1.82) is 0 Å². The standard InChI is InChI=1S/C21H23NO6/c1-3-25-16-10-8-15(9-11-16)12-22(2)20(23)14-27-21(24)19-13-26-17-6-4-5-7-18(17)28-19/h4-11,19H,3,12-14H2,1-2H3/t19-/m1/s1. The monoisotopic (exact) mass is 385 g/mol. The molecule has 7 nitrogen and oxygen atoms in total. The minimum Gasteiger partial charge on any atom is -0.494 e. The van der Waals surface area contributed by atoms with Crippen LogP contribution >= 0.6 is 0 Å². The summed E-state index contributed by atoms with van der Waals surface area (Å²) in [6.45, 7) is 2.62. The van der Waals surface area contributed by atoms with Gasteiger partial charge in [-0.15, -0.1) is 0 Å². The molecule has 1 aliphatic heterocycles. The topological polar surface area (TPSA) is 74.3 Å². The van der Waals surface area contributed by atoms with Gasteiger partial charge < -0.3 is 23.8 Å². The second kappa shape index (κ2) is 9.12. The van der Waals surface area contributed by atoms with Gasteiger partial charge in [-0.25, -0.2) is 4.79 Å². The Kier molecular flexibility index (Phi) is 6.37. The first kappa shape index (κ1) is 19.5. The Morgan fingerprint density at radius 3 is 2.54 bits per heavy atom. The Labute approximate surface area is 163 Å². The molecule has 0 fully saturated rings. The number of fused-ring (bicyclic) bond motifs is 1. The Morgan fingerprint density at radius 2 is 1.82 bits per heavy atom. The molecular formula is C21H23NO6. The number of benzene rings is 2. The lowest BCUT2D eigenvalue weighted by atomic mass is 10.2. The van der Waals surface area contributed by atoms with Gasteiger partial charge in [0.15, 0.2) is 18.1 Å². The first-order valence-electron chi connectivity index (χ1n) is 9.07. The number of ether oxygens (including phenoxy) is 4. The van der Waals surface area contributed by atoms with Crippen LogP contribution in [0.1, 0.15) is 12.5 Å². The van der Waals surface area contributed by atoms with Crippen molar-refractivity contribution in [2.75, 3.05) is 26.9 Å². The van der Waals surface area contributed by atoms with Crippen molar-refractivity contribution in [3.8, 4) is 17.2 Å². The van der Waals surface area contributed by atoms with Crippen LogP contribution in [0.5, 0.6) is 17.2 Å². The van der Waals surface area contributed by atoms with Crippen molar-refractivity contribution >= 4 is 11.9 Å². The van der Waals surface area contributed by atoms with Crippen molar-refractivity contribution in [1.82, 2.24) is 4.90 Å². The zero-order valence-electron chi connectivity index (χ0n) is 15.9. The number of nitrogens with zero attached hydrogens (tertiary/aromatic N) is 1. The Balaban J connectivity index is 1.46. The van der Waals surface area contributed by atoms with Gasteiger partial charge in [-0.2, -0.15) is 0 Å². The molecule has 1 atom stereocenters. The summed E-state index contributed by atoms with van der Waals surface area (Å²) in [5.74, 6) is 0.912. The van der Waals surface area contributed by atoms with E-state index in [4.69, 9.17) is 18.9 Å². The van der Waals surface area contributed by atoms with Gasteiger partial charge in [0.25, 0.3) is 5.91 Å². The minimum atomic E-state index is -0.890. The van der Waals surface area contributed by atoms with Crippen LogP contribution in [0.2, 0.25) is 0 Å². The lowest BCUT2D eigenvalue weighted by Gasteiger charge is -2.25. The number of hydrogen-bond acceptors (Lipinski definition) is 6. The molecule has 1 heterocycles. The number of rotatable bonds is 7. The summed E-state index contributed by atoms with van der Waals surface area (Å²) in [7, 11) is 1.66. The maximum Gasteiger partial charge on any atom is 0.351 e. The largest absolute Gasteiger partial charge is 0.494 e. The smallest absolute Gasteiger partial charge is 0.351 e. The molecule has 0 N–H and O–H groups in total. The quantitative estimate of drug-likeness (QED) is 0.682. The van der Waals surface area contributed by atoms with E-state index in [0.717, 1.165) is 11.3 Å². The van der Waals surface area contributed by atoms with Crippen LogP contribution in [-0.4, -0.2) is 49.7 Å². The lowest BCUT2D eigenvalue weighted by Crippen LogP contribution is -2.40. The van der Waals surface area contributed by atoms with Gasteiger partial charge in [0.05, 0.1) is 6.61 Å². The predicted molar refractivity (Wildman–Crippen MR) is 101 cm³/mol. The maximum absolute atomic E-state index is 12.3. The highest BCUT2D eigenvalue weighted by Crippen LogP contribution is 2.31. The van der Waals surface area contributed by atoms with Crippen LogP contribution < -0.4 is 14.2 Å². The van der Waals surface area contributed by atoms with Crippen LogP contribution in [0.4, 0.5) is 0 Å². The molecule has 28 heavy (non-hydrogen) atoms. The van der Waals surface area contributed by atoms with Gasteiger partial charge in [0, 0.05) is 13.6 Å². The van der Waals surface area contributed by atoms with E-state index in [1.54, 1.807) is 25.2 Å². The van der Waals surface area contributed by atoms with Crippen LogP contribution in [-0.2, 0) is 20.9 Å². The Hall–Kier alpha value is -3.22. The molecule has 0 saturated heterocycles. The number of amides is 1. The molecule has 0 radical (unpaired) electrons. The SMILES string of the molecule is CCOc1ccc(CN(C)C(=O)COC(=O)[C@H]2COc3ccccc3O2)cc1. The van der Waals surface area contributed by atoms with E-state index in [-0.39, 0.29) is 19.1 Å². The molecule has 148 valence electrons. The van der Waals surface area contributed by atoms with E-state index in [1.165, 1.54) is 4.90 Å². The first-order chi connectivity index (χ1) is 13.6. The summed E-state index contributed by atoms with van der Waals surface area (Å²) in [5, 5.41) is 0. The number of para-hydroxylation sites is 2. The van der Waals surface area contributed by atoms with Crippen LogP contribution in [0.3, 0.4) is 0 Å². The average molecular weight is 385 g/mol. The Bertz CT molecular complexity index is 820. The van der Waals surface area contributed by atoms with Crippen molar-refractivity contribution in [2.24, 2.45) is 0 Å². The zero-order valence-corrected chi connectivity index (χ0v) is 15.9. The summed E-state index contributed by atoms with van der Waals surface area (Å²) in [6, 6.07) is 14.6. The third kappa shape index (κ3) is 4.94. The third-order valence-electron chi connectivity index (χ3n) is 4.19. The average Bonchev–Trinajstić information content (AvgIpc) is 2.73. The number of likely N-dealkylation sites (N-methyl/N-ethyl adjacent to an activating group) is 1. The summed E-state index contributed by atoms with van der Waals surface area (Å²) < 4.78 is 21.6. The number of esters is 1. The molecule has 0 unspecified atom stereocenters. The van der Waals surface area contributed by atoms with E-state index < -0.39 is 12.1 Å². The van der Waals surface area contributed by atoms with Crippen molar-refractivity contribution in [3.63, 3.8) is 0 Å². The Morgan fingerprint density at radius 1 is 1.11 bits per heavy atom. The fraction of sp³-hybridized carbons (Fsp3) is 0.333. The summed E-state index contributed by atoms with van der Waals surface area (Å²) in [6.07, 6.45) is -0.890.